The van der Waals surface area contributed by atoms with Gasteiger partial charge in [-0.2, -0.15) is 13.2 Å². The Labute approximate surface area is 127 Å². The van der Waals surface area contributed by atoms with Gasteiger partial charge in [0.05, 0.1) is 6.61 Å². The van der Waals surface area contributed by atoms with Gasteiger partial charge < -0.3 is 10.1 Å². The van der Waals surface area contributed by atoms with Crippen LogP contribution in [0.1, 0.15) is 29.5 Å². The second-order valence-corrected chi connectivity index (χ2v) is 6.52. The van der Waals surface area contributed by atoms with Gasteiger partial charge in [-0.15, -0.1) is 0 Å². The Bertz CT molecular complexity index is 463. The molecule has 0 amide bonds. The number of alkyl halides is 3. The van der Waals surface area contributed by atoms with E-state index in [-0.39, 0.29) is 24.1 Å². The Hall–Kier alpha value is -0.880. The third kappa shape index (κ3) is 5.79. The van der Waals surface area contributed by atoms with Gasteiger partial charge in [-0.1, -0.05) is 12.1 Å². The molecule has 2 nitrogen and oxygen atoms in total. The van der Waals surface area contributed by atoms with E-state index < -0.39 is 5.51 Å². The largest absolute Gasteiger partial charge is 0.492 e. The molecule has 0 aromatic heterocycles. The number of hydrogen-bond acceptors (Lipinski definition) is 3. The van der Waals surface area contributed by atoms with Crippen molar-refractivity contribution in [3.05, 3.63) is 28.8 Å². The van der Waals surface area contributed by atoms with Crippen molar-refractivity contribution in [2.75, 3.05) is 12.4 Å². The Balaban J connectivity index is 1.86. The van der Waals surface area contributed by atoms with Crippen LogP contribution in [0.5, 0.6) is 5.75 Å². The fourth-order valence-electron chi connectivity index (χ4n) is 2.22. The Morgan fingerprint density at radius 3 is 2.38 bits per heavy atom. The van der Waals surface area contributed by atoms with E-state index in [0.29, 0.717) is 11.8 Å². The molecule has 0 atom stereocenters. The van der Waals surface area contributed by atoms with E-state index in [2.05, 4.69) is 5.32 Å². The summed E-state index contributed by atoms with van der Waals surface area (Å²) in [5.41, 5.74) is -1.06. The molecule has 1 N–H and O–H groups in total. The molecule has 0 saturated heterocycles. The molecule has 1 saturated carbocycles. The highest BCUT2D eigenvalue weighted by Gasteiger charge is 2.27. The number of nitrogens with one attached hydrogen (secondary N) is 1. The first-order chi connectivity index (χ1) is 9.85. The number of ether oxygens (including phenoxy) is 1. The topological polar surface area (TPSA) is 21.3 Å². The smallest absolute Gasteiger partial charge is 0.441 e. The van der Waals surface area contributed by atoms with Crippen LogP contribution in [0.15, 0.2) is 12.1 Å². The number of rotatable bonds is 7. The average molecular weight is 319 g/mol. The first-order valence-electron chi connectivity index (χ1n) is 7.02. The second-order valence-electron chi connectivity index (χ2n) is 5.36. The van der Waals surface area contributed by atoms with Crippen molar-refractivity contribution >= 4 is 11.8 Å². The van der Waals surface area contributed by atoms with Crippen LogP contribution in [0.4, 0.5) is 13.2 Å². The van der Waals surface area contributed by atoms with Gasteiger partial charge in [-0.25, -0.2) is 0 Å². The monoisotopic (exact) mass is 319 g/mol. The lowest BCUT2D eigenvalue weighted by atomic mass is 10.1. The quantitative estimate of drug-likeness (QED) is 0.762. The van der Waals surface area contributed by atoms with E-state index in [1.807, 2.05) is 26.0 Å². The lowest BCUT2D eigenvalue weighted by Gasteiger charge is -2.14. The molecule has 118 valence electrons. The summed E-state index contributed by atoms with van der Waals surface area (Å²) >= 11 is -0.0491. The highest BCUT2D eigenvalue weighted by Crippen LogP contribution is 2.30. The van der Waals surface area contributed by atoms with Crippen LogP contribution in [-0.2, 0) is 6.54 Å². The first kappa shape index (κ1) is 16.5. The highest BCUT2D eigenvalue weighted by atomic mass is 32.2. The maximum absolute atomic E-state index is 12.0. The summed E-state index contributed by atoms with van der Waals surface area (Å²) in [6.07, 6.45) is 2.49. The highest BCUT2D eigenvalue weighted by molar-refractivity contribution is 8.00. The molecule has 0 bridgehead atoms. The van der Waals surface area contributed by atoms with E-state index in [9.17, 15) is 13.2 Å². The molecule has 1 aliphatic carbocycles. The molecule has 2 rings (SSSR count). The molecule has 1 aromatic carbocycles. The van der Waals surface area contributed by atoms with Crippen molar-refractivity contribution in [2.45, 2.75) is 44.8 Å². The predicted octanol–water partition coefficient (Wildman–Crippen LogP) is 4.19. The van der Waals surface area contributed by atoms with Crippen molar-refractivity contribution in [3.63, 3.8) is 0 Å². The molecular formula is C15H20F3NOS. The summed E-state index contributed by atoms with van der Waals surface area (Å²) in [4.78, 5) is 0. The van der Waals surface area contributed by atoms with Gasteiger partial charge in [0.1, 0.15) is 5.75 Å². The molecule has 0 heterocycles. The minimum Gasteiger partial charge on any atom is -0.492 e. The zero-order chi connectivity index (χ0) is 15.5. The molecule has 6 heteroatoms. The van der Waals surface area contributed by atoms with Crippen LogP contribution in [0, 0.1) is 13.8 Å². The minimum atomic E-state index is -4.19. The van der Waals surface area contributed by atoms with Gasteiger partial charge >= 0.3 is 5.51 Å². The number of hydrogen-bond donors (Lipinski definition) is 1. The van der Waals surface area contributed by atoms with Crippen LogP contribution in [0.3, 0.4) is 0 Å². The van der Waals surface area contributed by atoms with Crippen molar-refractivity contribution < 1.29 is 17.9 Å². The molecule has 0 unspecified atom stereocenters. The zero-order valence-electron chi connectivity index (χ0n) is 12.2. The van der Waals surface area contributed by atoms with E-state index in [1.165, 1.54) is 18.4 Å². The summed E-state index contributed by atoms with van der Waals surface area (Å²) in [6.45, 7) is 4.75. The summed E-state index contributed by atoms with van der Waals surface area (Å²) < 4.78 is 41.7. The third-order valence-corrected chi connectivity index (χ3v) is 3.99. The maximum Gasteiger partial charge on any atom is 0.441 e. The van der Waals surface area contributed by atoms with Gasteiger partial charge in [0, 0.05) is 18.3 Å². The minimum absolute atomic E-state index is 0.0491. The SMILES string of the molecule is Cc1cc(CNC2CC2)cc(C)c1OCCSC(F)(F)F. The molecule has 0 spiro atoms. The van der Waals surface area contributed by atoms with Gasteiger partial charge in [0.2, 0.25) is 0 Å². The van der Waals surface area contributed by atoms with Crippen LogP contribution in [-0.4, -0.2) is 23.9 Å². The van der Waals surface area contributed by atoms with Crippen molar-refractivity contribution in [3.8, 4) is 5.75 Å². The van der Waals surface area contributed by atoms with E-state index in [4.69, 9.17) is 4.74 Å². The van der Waals surface area contributed by atoms with Crippen molar-refractivity contribution in [1.29, 1.82) is 0 Å². The molecule has 1 aliphatic rings. The van der Waals surface area contributed by atoms with Gasteiger partial charge in [-0.05, 0) is 55.1 Å². The first-order valence-corrected chi connectivity index (χ1v) is 8.01. The van der Waals surface area contributed by atoms with Crippen LogP contribution >= 0.6 is 11.8 Å². The number of thioether (sulfide) groups is 1. The van der Waals surface area contributed by atoms with Crippen LogP contribution in [0.2, 0.25) is 0 Å². The second kappa shape index (κ2) is 6.92. The molecule has 1 fully saturated rings. The summed E-state index contributed by atoms with van der Waals surface area (Å²) in [5.74, 6) is 0.612. The fourth-order valence-corrected chi connectivity index (χ4v) is 2.62. The van der Waals surface area contributed by atoms with Crippen molar-refractivity contribution in [1.82, 2.24) is 5.32 Å². The summed E-state index contributed by atoms with van der Waals surface area (Å²) in [6, 6.07) is 4.73. The van der Waals surface area contributed by atoms with Gasteiger partial charge in [0.25, 0.3) is 0 Å². The van der Waals surface area contributed by atoms with E-state index in [0.717, 1.165) is 17.7 Å². The van der Waals surface area contributed by atoms with E-state index >= 15 is 0 Å². The molecule has 0 radical (unpaired) electrons. The lowest BCUT2D eigenvalue weighted by Crippen LogP contribution is -2.15. The van der Waals surface area contributed by atoms with Crippen LogP contribution in [0.25, 0.3) is 0 Å². The number of aryl methyl sites for hydroxylation is 2. The molecule has 21 heavy (non-hydrogen) atoms. The predicted molar refractivity (Wildman–Crippen MR) is 79.8 cm³/mol. The fraction of sp³-hybridized carbons (Fsp3) is 0.600. The number of benzene rings is 1. The van der Waals surface area contributed by atoms with E-state index in [1.54, 1.807) is 0 Å². The van der Waals surface area contributed by atoms with Gasteiger partial charge in [-0.3, -0.25) is 0 Å². The Morgan fingerprint density at radius 2 is 1.86 bits per heavy atom. The third-order valence-electron chi connectivity index (χ3n) is 3.29. The zero-order valence-corrected chi connectivity index (χ0v) is 13.0. The Morgan fingerprint density at radius 1 is 1.24 bits per heavy atom. The average Bonchev–Trinajstić information content (AvgIpc) is 3.17. The summed E-state index contributed by atoms with van der Waals surface area (Å²) in [7, 11) is 0. The molecular weight excluding hydrogens is 299 g/mol. The van der Waals surface area contributed by atoms with Gasteiger partial charge in [0.15, 0.2) is 0 Å². The molecule has 0 aliphatic heterocycles. The maximum atomic E-state index is 12.0. The Kier molecular flexibility index (Phi) is 5.43. The molecule has 1 aromatic rings. The normalized spacial score (nSPS) is 15.3. The van der Waals surface area contributed by atoms with Crippen LogP contribution < -0.4 is 10.1 Å². The standard InChI is InChI=1S/C15H20F3NOS/c1-10-7-12(9-19-13-3-4-13)8-11(2)14(10)20-5-6-21-15(16,17)18/h7-8,13,19H,3-6,9H2,1-2H3. The summed E-state index contributed by atoms with van der Waals surface area (Å²) in [5, 5.41) is 3.45. The number of halogens is 3. The van der Waals surface area contributed by atoms with Crippen molar-refractivity contribution in [2.24, 2.45) is 0 Å². The lowest BCUT2D eigenvalue weighted by molar-refractivity contribution is -0.0329.